The lowest BCUT2D eigenvalue weighted by Crippen LogP contribution is -2.11. The molecule has 0 aliphatic heterocycles. The number of hydrogen-bond donors (Lipinski definition) is 1. The highest BCUT2D eigenvalue weighted by atomic mass is 19.1. The molecule has 0 saturated carbocycles. The molecule has 0 amide bonds. The molecule has 0 aliphatic carbocycles. The number of nitrogens with two attached hydrogens (primary N) is 1. The van der Waals surface area contributed by atoms with Crippen LogP contribution < -0.4 is 10.5 Å². The molecule has 0 bridgehead atoms. The van der Waals surface area contributed by atoms with Gasteiger partial charge in [-0.1, -0.05) is 19.9 Å². The Morgan fingerprint density at radius 3 is 2.59 bits per heavy atom. The van der Waals surface area contributed by atoms with Gasteiger partial charge in [-0.05, 0) is 37.8 Å². The van der Waals surface area contributed by atoms with E-state index in [1.807, 2.05) is 0 Å². The lowest BCUT2D eigenvalue weighted by Gasteiger charge is -2.15. The highest BCUT2D eigenvalue weighted by Gasteiger charge is 2.13. The Hall–Kier alpha value is -1.09. The molecule has 96 valence electrons. The van der Waals surface area contributed by atoms with Crippen molar-refractivity contribution in [2.75, 3.05) is 6.61 Å². The molecule has 1 aromatic rings. The van der Waals surface area contributed by atoms with Crippen LogP contribution in [0.2, 0.25) is 0 Å². The number of hydrogen-bond acceptors (Lipinski definition) is 2. The average molecular weight is 239 g/mol. The van der Waals surface area contributed by atoms with E-state index in [0.29, 0.717) is 23.8 Å². The third kappa shape index (κ3) is 4.35. The molecular weight excluding hydrogens is 217 g/mol. The predicted octanol–water partition coefficient (Wildman–Crippen LogP) is 3.66. The summed E-state index contributed by atoms with van der Waals surface area (Å²) in [7, 11) is 0. The summed E-state index contributed by atoms with van der Waals surface area (Å²) in [5.74, 6) is 0.948. The van der Waals surface area contributed by atoms with Gasteiger partial charge in [-0.2, -0.15) is 0 Å². The summed E-state index contributed by atoms with van der Waals surface area (Å²) < 4.78 is 19.2. The van der Waals surface area contributed by atoms with Gasteiger partial charge in [-0.3, -0.25) is 0 Å². The lowest BCUT2D eigenvalue weighted by molar-refractivity contribution is 0.291. The second-order valence-corrected chi connectivity index (χ2v) is 4.82. The van der Waals surface area contributed by atoms with E-state index in [2.05, 4.69) is 13.8 Å². The zero-order chi connectivity index (χ0) is 12.8. The summed E-state index contributed by atoms with van der Waals surface area (Å²) >= 11 is 0. The minimum absolute atomic E-state index is 0.290. The van der Waals surface area contributed by atoms with Crippen molar-refractivity contribution in [1.82, 2.24) is 0 Å². The smallest absolute Gasteiger partial charge is 0.131 e. The van der Waals surface area contributed by atoms with E-state index in [9.17, 15) is 4.39 Å². The van der Waals surface area contributed by atoms with Crippen molar-refractivity contribution in [3.63, 3.8) is 0 Å². The van der Waals surface area contributed by atoms with Gasteiger partial charge in [0.1, 0.15) is 11.6 Å². The largest absolute Gasteiger partial charge is 0.493 e. The molecular formula is C14H22FNO. The Kier molecular flexibility index (Phi) is 5.42. The third-order valence-electron chi connectivity index (χ3n) is 2.65. The van der Waals surface area contributed by atoms with E-state index in [1.165, 1.54) is 6.07 Å². The van der Waals surface area contributed by atoms with E-state index in [4.69, 9.17) is 10.5 Å². The quantitative estimate of drug-likeness (QED) is 0.769. The molecule has 17 heavy (non-hydrogen) atoms. The van der Waals surface area contributed by atoms with E-state index in [0.717, 1.165) is 12.8 Å². The van der Waals surface area contributed by atoms with Crippen molar-refractivity contribution < 1.29 is 9.13 Å². The monoisotopic (exact) mass is 239 g/mol. The van der Waals surface area contributed by atoms with Crippen LogP contribution in [0.1, 0.15) is 45.2 Å². The van der Waals surface area contributed by atoms with Crippen LogP contribution in [0, 0.1) is 11.7 Å². The van der Waals surface area contributed by atoms with E-state index < -0.39 is 0 Å². The zero-order valence-electron chi connectivity index (χ0n) is 10.9. The third-order valence-corrected chi connectivity index (χ3v) is 2.65. The van der Waals surface area contributed by atoms with Crippen LogP contribution in [0.15, 0.2) is 18.2 Å². The van der Waals surface area contributed by atoms with Crippen molar-refractivity contribution >= 4 is 0 Å². The van der Waals surface area contributed by atoms with Gasteiger partial charge in [0.2, 0.25) is 0 Å². The van der Waals surface area contributed by atoms with Gasteiger partial charge in [0.05, 0.1) is 6.61 Å². The SMILES string of the molecule is CC(C)CCCOc1cccc(F)c1C(C)N. The number of halogens is 1. The lowest BCUT2D eigenvalue weighted by atomic mass is 10.1. The maximum atomic E-state index is 13.6. The molecule has 0 heterocycles. The Morgan fingerprint density at radius 2 is 2.00 bits per heavy atom. The summed E-state index contributed by atoms with van der Waals surface area (Å²) in [5.41, 5.74) is 6.22. The Labute approximate surface area is 103 Å². The van der Waals surface area contributed by atoms with Crippen molar-refractivity contribution in [2.24, 2.45) is 11.7 Å². The fraction of sp³-hybridized carbons (Fsp3) is 0.571. The van der Waals surface area contributed by atoms with Crippen molar-refractivity contribution in [3.8, 4) is 5.75 Å². The molecule has 0 aromatic heterocycles. The molecule has 3 heteroatoms. The topological polar surface area (TPSA) is 35.2 Å². The van der Waals surface area contributed by atoms with Crippen molar-refractivity contribution in [3.05, 3.63) is 29.6 Å². The Morgan fingerprint density at radius 1 is 1.29 bits per heavy atom. The molecule has 1 atom stereocenters. The van der Waals surface area contributed by atoms with Gasteiger partial charge >= 0.3 is 0 Å². The van der Waals surface area contributed by atoms with Gasteiger partial charge in [0, 0.05) is 11.6 Å². The summed E-state index contributed by atoms with van der Waals surface area (Å²) in [6, 6.07) is 4.49. The van der Waals surface area contributed by atoms with Gasteiger partial charge in [-0.15, -0.1) is 0 Å². The highest BCUT2D eigenvalue weighted by molar-refractivity contribution is 5.36. The second kappa shape index (κ2) is 6.60. The van der Waals surface area contributed by atoms with Crippen LogP contribution in [0.25, 0.3) is 0 Å². The molecule has 0 radical (unpaired) electrons. The Bertz CT molecular complexity index is 350. The molecule has 1 rings (SSSR count). The van der Waals surface area contributed by atoms with Crippen LogP contribution in [0.4, 0.5) is 4.39 Å². The number of ether oxygens (including phenoxy) is 1. The number of rotatable bonds is 6. The molecule has 2 nitrogen and oxygen atoms in total. The zero-order valence-corrected chi connectivity index (χ0v) is 10.9. The van der Waals surface area contributed by atoms with Crippen LogP contribution in [-0.2, 0) is 0 Å². The molecule has 0 saturated heterocycles. The summed E-state index contributed by atoms with van der Waals surface area (Å²) in [6.45, 7) is 6.73. The second-order valence-electron chi connectivity index (χ2n) is 4.82. The summed E-state index contributed by atoms with van der Waals surface area (Å²) in [6.07, 6.45) is 2.09. The number of benzene rings is 1. The fourth-order valence-corrected chi connectivity index (χ4v) is 1.76. The normalized spacial score (nSPS) is 12.8. The minimum Gasteiger partial charge on any atom is -0.493 e. The standard InChI is InChI=1S/C14H22FNO/c1-10(2)6-5-9-17-13-8-4-7-12(15)14(13)11(3)16/h4,7-8,10-11H,5-6,9,16H2,1-3H3. The van der Waals surface area contributed by atoms with E-state index >= 15 is 0 Å². The molecule has 0 aliphatic rings. The molecule has 1 unspecified atom stereocenters. The maximum absolute atomic E-state index is 13.6. The Balaban J connectivity index is 2.61. The summed E-state index contributed by atoms with van der Waals surface area (Å²) in [5, 5.41) is 0. The maximum Gasteiger partial charge on any atom is 0.131 e. The first-order valence-electron chi connectivity index (χ1n) is 6.19. The first-order valence-corrected chi connectivity index (χ1v) is 6.19. The van der Waals surface area contributed by atoms with Crippen molar-refractivity contribution in [1.29, 1.82) is 0 Å². The van der Waals surface area contributed by atoms with Crippen molar-refractivity contribution in [2.45, 2.75) is 39.7 Å². The van der Waals surface area contributed by atoms with Crippen LogP contribution in [-0.4, -0.2) is 6.61 Å². The molecule has 2 N–H and O–H groups in total. The van der Waals surface area contributed by atoms with Crippen LogP contribution in [0.3, 0.4) is 0 Å². The summed E-state index contributed by atoms with van der Waals surface area (Å²) in [4.78, 5) is 0. The first kappa shape index (κ1) is 14.0. The van der Waals surface area contributed by atoms with Gasteiger partial charge < -0.3 is 10.5 Å². The van der Waals surface area contributed by atoms with Gasteiger partial charge in [0.15, 0.2) is 0 Å². The molecule has 0 spiro atoms. The molecule has 1 aromatic carbocycles. The van der Waals surface area contributed by atoms with Gasteiger partial charge in [0.25, 0.3) is 0 Å². The first-order chi connectivity index (χ1) is 8.02. The minimum atomic E-state index is -0.351. The van der Waals surface area contributed by atoms with E-state index in [1.54, 1.807) is 19.1 Å². The predicted molar refractivity (Wildman–Crippen MR) is 68.6 cm³/mol. The molecule has 0 fully saturated rings. The van der Waals surface area contributed by atoms with Crippen LogP contribution >= 0.6 is 0 Å². The highest BCUT2D eigenvalue weighted by Crippen LogP contribution is 2.26. The van der Waals surface area contributed by atoms with Gasteiger partial charge in [-0.25, -0.2) is 4.39 Å². The van der Waals surface area contributed by atoms with E-state index in [-0.39, 0.29) is 11.9 Å². The van der Waals surface area contributed by atoms with Crippen LogP contribution in [0.5, 0.6) is 5.75 Å². The fourth-order valence-electron chi connectivity index (χ4n) is 1.76. The average Bonchev–Trinajstić information content (AvgIpc) is 2.23.